The fourth-order valence-corrected chi connectivity index (χ4v) is 2.18. The van der Waals surface area contributed by atoms with Gasteiger partial charge in [-0.15, -0.1) is 0 Å². The third kappa shape index (κ3) is 2.16. The molecule has 0 atom stereocenters. The van der Waals surface area contributed by atoms with Crippen molar-refractivity contribution in [3.05, 3.63) is 59.5 Å². The van der Waals surface area contributed by atoms with Gasteiger partial charge in [-0.05, 0) is 36.8 Å². The molecule has 0 spiro atoms. The van der Waals surface area contributed by atoms with Crippen LogP contribution in [0, 0.1) is 13.8 Å². The molecular formula is C16H14N2O2. The van der Waals surface area contributed by atoms with Gasteiger partial charge < -0.3 is 9.84 Å². The number of anilines is 1. The van der Waals surface area contributed by atoms with Crippen molar-refractivity contribution in [2.75, 3.05) is 5.32 Å². The number of nitrogens with zero attached hydrogens (tertiary/aromatic N) is 1. The standard InChI is InChI=1S/C16H14N2O2/c1-10-15(11(2)20-18-10)17-16(19)14-8-7-12-5-3-4-6-13(12)9-14/h3-9H,1-2H3,(H,17,19). The molecule has 3 aromatic rings. The molecule has 4 heteroatoms. The summed E-state index contributed by atoms with van der Waals surface area (Å²) in [5.74, 6) is 0.446. The smallest absolute Gasteiger partial charge is 0.255 e. The molecule has 0 unspecified atom stereocenters. The molecule has 3 rings (SSSR count). The van der Waals surface area contributed by atoms with Crippen molar-refractivity contribution in [2.24, 2.45) is 0 Å². The Morgan fingerprint density at radius 2 is 1.85 bits per heavy atom. The topological polar surface area (TPSA) is 55.1 Å². The number of hydrogen-bond donors (Lipinski definition) is 1. The number of fused-ring (bicyclic) bond motifs is 1. The van der Waals surface area contributed by atoms with Crippen molar-refractivity contribution in [2.45, 2.75) is 13.8 Å². The van der Waals surface area contributed by atoms with E-state index in [9.17, 15) is 4.79 Å². The zero-order valence-corrected chi connectivity index (χ0v) is 11.3. The minimum absolute atomic E-state index is 0.162. The van der Waals surface area contributed by atoms with Gasteiger partial charge in [-0.3, -0.25) is 4.79 Å². The van der Waals surface area contributed by atoms with Gasteiger partial charge >= 0.3 is 0 Å². The molecule has 0 saturated carbocycles. The Morgan fingerprint density at radius 3 is 2.55 bits per heavy atom. The van der Waals surface area contributed by atoms with Crippen LogP contribution in [0.2, 0.25) is 0 Å². The fourth-order valence-electron chi connectivity index (χ4n) is 2.18. The van der Waals surface area contributed by atoms with E-state index in [1.54, 1.807) is 13.8 Å². The summed E-state index contributed by atoms with van der Waals surface area (Å²) in [5, 5.41) is 8.82. The summed E-state index contributed by atoms with van der Waals surface area (Å²) in [5.41, 5.74) is 1.93. The van der Waals surface area contributed by atoms with Crippen LogP contribution in [0.1, 0.15) is 21.8 Å². The molecule has 20 heavy (non-hydrogen) atoms. The fraction of sp³-hybridized carbons (Fsp3) is 0.125. The van der Waals surface area contributed by atoms with E-state index in [1.807, 2.05) is 42.5 Å². The Hall–Kier alpha value is -2.62. The van der Waals surface area contributed by atoms with Gasteiger partial charge in [-0.25, -0.2) is 0 Å². The maximum absolute atomic E-state index is 12.3. The Morgan fingerprint density at radius 1 is 1.10 bits per heavy atom. The first kappa shape index (κ1) is 12.4. The van der Waals surface area contributed by atoms with Gasteiger partial charge in [-0.2, -0.15) is 0 Å². The summed E-state index contributed by atoms with van der Waals surface area (Å²) in [6.07, 6.45) is 0. The van der Waals surface area contributed by atoms with Crippen molar-refractivity contribution in [3.63, 3.8) is 0 Å². The predicted molar refractivity (Wildman–Crippen MR) is 77.9 cm³/mol. The van der Waals surface area contributed by atoms with E-state index < -0.39 is 0 Å². The largest absolute Gasteiger partial charge is 0.359 e. The lowest BCUT2D eigenvalue weighted by molar-refractivity contribution is 0.102. The third-order valence-corrected chi connectivity index (χ3v) is 3.28. The van der Waals surface area contributed by atoms with E-state index in [4.69, 9.17) is 4.52 Å². The number of hydrogen-bond acceptors (Lipinski definition) is 3. The van der Waals surface area contributed by atoms with Gasteiger partial charge in [0.1, 0.15) is 11.4 Å². The first-order chi connectivity index (χ1) is 9.65. The Kier molecular flexibility index (Phi) is 2.99. The van der Waals surface area contributed by atoms with E-state index in [0.717, 1.165) is 10.8 Å². The number of aromatic nitrogens is 1. The molecule has 0 aliphatic heterocycles. The van der Waals surface area contributed by atoms with Crippen LogP contribution >= 0.6 is 0 Å². The predicted octanol–water partition coefficient (Wildman–Crippen LogP) is 3.70. The second-order valence-electron chi connectivity index (χ2n) is 4.72. The van der Waals surface area contributed by atoms with Crippen molar-refractivity contribution in [3.8, 4) is 0 Å². The molecule has 1 aromatic heterocycles. The van der Waals surface area contributed by atoms with Crippen LogP contribution in [0.25, 0.3) is 10.8 Å². The molecular weight excluding hydrogens is 252 g/mol. The molecule has 0 aliphatic rings. The van der Waals surface area contributed by atoms with Crippen LogP contribution in [0.3, 0.4) is 0 Å². The summed E-state index contributed by atoms with van der Waals surface area (Å²) in [6.45, 7) is 3.57. The van der Waals surface area contributed by atoms with E-state index >= 15 is 0 Å². The summed E-state index contributed by atoms with van der Waals surface area (Å²) in [4.78, 5) is 12.3. The van der Waals surface area contributed by atoms with E-state index in [1.165, 1.54) is 0 Å². The highest BCUT2D eigenvalue weighted by atomic mass is 16.5. The SMILES string of the molecule is Cc1noc(C)c1NC(=O)c1ccc2ccccc2c1. The molecule has 0 radical (unpaired) electrons. The van der Waals surface area contributed by atoms with Crippen LogP contribution in [0.5, 0.6) is 0 Å². The van der Waals surface area contributed by atoms with Crippen molar-refractivity contribution >= 4 is 22.4 Å². The highest BCUT2D eigenvalue weighted by molar-refractivity contribution is 6.06. The summed E-state index contributed by atoms with van der Waals surface area (Å²) in [6, 6.07) is 13.6. The number of amides is 1. The average molecular weight is 266 g/mol. The second kappa shape index (κ2) is 4.81. The normalized spacial score (nSPS) is 10.7. The number of nitrogens with one attached hydrogen (secondary N) is 1. The molecule has 1 heterocycles. The van der Waals surface area contributed by atoms with E-state index in [2.05, 4.69) is 10.5 Å². The summed E-state index contributed by atoms with van der Waals surface area (Å²) >= 11 is 0. The van der Waals surface area contributed by atoms with Crippen molar-refractivity contribution < 1.29 is 9.32 Å². The maximum atomic E-state index is 12.3. The second-order valence-corrected chi connectivity index (χ2v) is 4.72. The first-order valence-electron chi connectivity index (χ1n) is 6.38. The maximum Gasteiger partial charge on any atom is 0.255 e. The Bertz CT molecular complexity index is 771. The summed E-state index contributed by atoms with van der Waals surface area (Å²) < 4.78 is 5.04. The molecule has 0 bridgehead atoms. The third-order valence-electron chi connectivity index (χ3n) is 3.28. The number of rotatable bonds is 2. The van der Waals surface area contributed by atoms with Gasteiger partial charge in [0.2, 0.25) is 0 Å². The monoisotopic (exact) mass is 266 g/mol. The van der Waals surface area contributed by atoms with Crippen molar-refractivity contribution in [1.29, 1.82) is 0 Å². The van der Waals surface area contributed by atoms with Crippen LogP contribution in [-0.2, 0) is 0 Å². The Balaban J connectivity index is 1.93. The lowest BCUT2D eigenvalue weighted by Crippen LogP contribution is -2.12. The zero-order chi connectivity index (χ0) is 14.1. The lowest BCUT2D eigenvalue weighted by Gasteiger charge is -2.05. The average Bonchev–Trinajstić information content (AvgIpc) is 2.78. The van der Waals surface area contributed by atoms with Gasteiger partial charge in [0, 0.05) is 5.56 Å². The number of carbonyl (C=O) groups excluding carboxylic acids is 1. The molecule has 0 aliphatic carbocycles. The highest BCUT2D eigenvalue weighted by Crippen LogP contribution is 2.21. The Labute approximate surface area is 116 Å². The highest BCUT2D eigenvalue weighted by Gasteiger charge is 2.13. The van der Waals surface area contributed by atoms with Gasteiger partial charge in [-0.1, -0.05) is 35.5 Å². The molecule has 100 valence electrons. The molecule has 4 nitrogen and oxygen atoms in total. The quantitative estimate of drug-likeness (QED) is 0.769. The van der Waals surface area contributed by atoms with Crippen LogP contribution in [0.4, 0.5) is 5.69 Å². The summed E-state index contributed by atoms with van der Waals surface area (Å²) in [7, 11) is 0. The number of aryl methyl sites for hydroxylation is 2. The molecule has 1 N–H and O–H groups in total. The number of carbonyl (C=O) groups is 1. The molecule has 0 saturated heterocycles. The van der Waals surface area contributed by atoms with Gasteiger partial charge in [0.05, 0.1) is 0 Å². The minimum atomic E-state index is -0.162. The van der Waals surface area contributed by atoms with Crippen LogP contribution in [0.15, 0.2) is 47.0 Å². The molecule has 0 fully saturated rings. The first-order valence-corrected chi connectivity index (χ1v) is 6.38. The minimum Gasteiger partial charge on any atom is -0.359 e. The van der Waals surface area contributed by atoms with Crippen LogP contribution in [-0.4, -0.2) is 11.1 Å². The number of benzene rings is 2. The van der Waals surface area contributed by atoms with E-state index in [-0.39, 0.29) is 5.91 Å². The van der Waals surface area contributed by atoms with Gasteiger partial charge in [0.15, 0.2) is 5.76 Å². The molecule has 1 amide bonds. The zero-order valence-electron chi connectivity index (χ0n) is 11.3. The van der Waals surface area contributed by atoms with Crippen LogP contribution < -0.4 is 5.32 Å². The lowest BCUT2D eigenvalue weighted by atomic mass is 10.1. The van der Waals surface area contributed by atoms with E-state index in [0.29, 0.717) is 22.7 Å². The van der Waals surface area contributed by atoms with Gasteiger partial charge in [0.25, 0.3) is 5.91 Å². The molecule has 2 aromatic carbocycles. The van der Waals surface area contributed by atoms with Crippen molar-refractivity contribution in [1.82, 2.24) is 5.16 Å².